The zero-order chi connectivity index (χ0) is 22.9. The molecule has 174 valence electrons. The second-order valence-electron chi connectivity index (χ2n) is 8.42. The molecule has 0 bridgehead atoms. The van der Waals surface area contributed by atoms with E-state index in [2.05, 4.69) is 27.4 Å². The number of anilines is 1. The monoisotopic (exact) mass is 461 g/mol. The lowest BCUT2D eigenvalue weighted by molar-refractivity contribution is 0.0606. The molecular formula is C23H32ClN5O3. The van der Waals surface area contributed by atoms with Crippen LogP contribution in [0.25, 0.3) is 11.1 Å². The number of carbonyl (C=O) groups excluding carboxylic acids is 2. The lowest BCUT2D eigenvalue weighted by atomic mass is 9.74. The van der Waals surface area contributed by atoms with Crippen molar-refractivity contribution in [1.82, 2.24) is 20.1 Å². The van der Waals surface area contributed by atoms with Crippen LogP contribution >= 0.6 is 11.6 Å². The molecule has 8 nitrogen and oxygen atoms in total. The summed E-state index contributed by atoms with van der Waals surface area (Å²) in [5.74, 6) is -0.111. The van der Waals surface area contributed by atoms with Gasteiger partial charge >= 0.3 is 11.9 Å². The fraction of sp³-hybridized carbons (Fsp3) is 0.609. The Morgan fingerprint density at radius 1 is 1.19 bits per heavy atom. The summed E-state index contributed by atoms with van der Waals surface area (Å²) in [6.45, 7) is 10.1. The van der Waals surface area contributed by atoms with Gasteiger partial charge in [-0.1, -0.05) is 51.6 Å². The SMILES string of the molecule is CC.CCN1CCN(C(=O)c2nc3cc(Cl)c4c(c3o2)C2(CCCCC2)NC(=O)N4)CC1. The highest BCUT2D eigenvalue weighted by Crippen LogP contribution is 2.48. The van der Waals surface area contributed by atoms with Gasteiger partial charge in [0.25, 0.3) is 5.89 Å². The Balaban J connectivity index is 0.00000119. The third kappa shape index (κ3) is 3.94. The average Bonchev–Trinajstić information content (AvgIpc) is 3.24. The standard InChI is InChI=1S/C21H26ClN5O3.C2H6/c1-2-26-8-10-27(11-9-26)19(28)18-23-14-12-13(22)16-15(17(14)30-18)21(25-20(29)24-16)6-4-3-5-7-21;1-2/h12H,2-11H2,1H3,(H2,24,25,29);1-2H3. The van der Waals surface area contributed by atoms with Crippen LogP contribution < -0.4 is 10.6 Å². The first kappa shape index (κ1) is 22.9. The van der Waals surface area contributed by atoms with Crippen molar-refractivity contribution in [2.24, 2.45) is 0 Å². The summed E-state index contributed by atoms with van der Waals surface area (Å²) in [4.78, 5) is 34.0. The molecule has 0 unspecified atom stereocenters. The molecule has 2 aromatic rings. The van der Waals surface area contributed by atoms with E-state index < -0.39 is 5.54 Å². The number of aromatic nitrogens is 1. The number of hydrogen-bond acceptors (Lipinski definition) is 5. The number of halogens is 1. The van der Waals surface area contributed by atoms with E-state index in [-0.39, 0.29) is 17.8 Å². The lowest BCUT2D eigenvalue weighted by Crippen LogP contribution is -2.52. The van der Waals surface area contributed by atoms with Crippen molar-refractivity contribution in [3.63, 3.8) is 0 Å². The van der Waals surface area contributed by atoms with E-state index in [1.807, 2.05) is 13.8 Å². The van der Waals surface area contributed by atoms with Gasteiger partial charge in [0.15, 0.2) is 5.58 Å². The first-order chi connectivity index (χ1) is 15.5. The molecule has 3 heterocycles. The van der Waals surface area contributed by atoms with E-state index in [0.717, 1.165) is 57.3 Å². The first-order valence-corrected chi connectivity index (χ1v) is 12.1. The molecule has 3 amide bonds. The van der Waals surface area contributed by atoms with Gasteiger partial charge in [-0.3, -0.25) is 4.79 Å². The van der Waals surface area contributed by atoms with Crippen LogP contribution in [0.5, 0.6) is 0 Å². The van der Waals surface area contributed by atoms with Crippen molar-refractivity contribution in [3.8, 4) is 0 Å². The zero-order valence-corrected chi connectivity index (χ0v) is 19.8. The Morgan fingerprint density at radius 3 is 2.53 bits per heavy atom. The number of fused-ring (bicyclic) bond motifs is 4. The number of piperazine rings is 1. The van der Waals surface area contributed by atoms with Crippen LogP contribution in [-0.4, -0.2) is 59.4 Å². The topological polar surface area (TPSA) is 90.7 Å². The number of nitrogens with zero attached hydrogens (tertiary/aromatic N) is 3. The fourth-order valence-corrected chi connectivity index (χ4v) is 5.31. The van der Waals surface area contributed by atoms with Crippen molar-refractivity contribution < 1.29 is 14.0 Å². The van der Waals surface area contributed by atoms with Crippen LogP contribution in [0.3, 0.4) is 0 Å². The number of likely N-dealkylation sites (N-methyl/N-ethyl adjacent to an activating group) is 1. The maximum absolute atomic E-state index is 13.1. The average molecular weight is 462 g/mol. The number of nitrogens with one attached hydrogen (secondary N) is 2. The number of rotatable bonds is 2. The molecule has 2 fully saturated rings. The van der Waals surface area contributed by atoms with Gasteiger partial charge in [0, 0.05) is 31.7 Å². The number of oxazole rings is 1. The molecule has 5 rings (SSSR count). The minimum atomic E-state index is -0.536. The number of benzene rings is 1. The molecule has 1 aromatic heterocycles. The summed E-state index contributed by atoms with van der Waals surface area (Å²) in [5.41, 5.74) is 1.95. The minimum Gasteiger partial charge on any atom is -0.432 e. The summed E-state index contributed by atoms with van der Waals surface area (Å²) in [6.07, 6.45) is 4.77. The largest absolute Gasteiger partial charge is 0.432 e. The second kappa shape index (κ2) is 9.27. The normalized spacial score (nSPS) is 20.2. The maximum atomic E-state index is 13.1. The molecule has 2 aliphatic heterocycles. The van der Waals surface area contributed by atoms with Crippen LogP contribution in [0.1, 0.15) is 69.1 Å². The van der Waals surface area contributed by atoms with Crippen molar-refractivity contribution in [2.45, 2.75) is 58.4 Å². The van der Waals surface area contributed by atoms with E-state index >= 15 is 0 Å². The number of carbonyl (C=O) groups is 2. The molecule has 1 aliphatic carbocycles. The zero-order valence-electron chi connectivity index (χ0n) is 19.1. The van der Waals surface area contributed by atoms with Gasteiger partial charge in [-0.25, -0.2) is 9.78 Å². The molecule has 1 saturated heterocycles. The summed E-state index contributed by atoms with van der Waals surface area (Å²) in [7, 11) is 0. The Morgan fingerprint density at radius 2 is 1.88 bits per heavy atom. The Labute approximate surface area is 193 Å². The van der Waals surface area contributed by atoms with Crippen LogP contribution in [0.4, 0.5) is 10.5 Å². The van der Waals surface area contributed by atoms with Crippen LogP contribution in [0, 0.1) is 0 Å². The molecule has 2 N–H and O–H groups in total. The van der Waals surface area contributed by atoms with Crippen molar-refractivity contribution >= 4 is 40.3 Å². The fourth-order valence-electron chi connectivity index (χ4n) is 5.06. The van der Waals surface area contributed by atoms with Crippen LogP contribution in [0.15, 0.2) is 10.5 Å². The quantitative estimate of drug-likeness (QED) is 0.683. The second-order valence-corrected chi connectivity index (χ2v) is 8.83. The highest BCUT2D eigenvalue weighted by atomic mass is 35.5. The van der Waals surface area contributed by atoms with E-state index in [9.17, 15) is 9.59 Å². The maximum Gasteiger partial charge on any atom is 0.319 e. The molecule has 32 heavy (non-hydrogen) atoms. The molecule has 1 aromatic carbocycles. The van der Waals surface area contributed by atoms with Crippen molar-refractivity contribution in [3.05, 3.63) is 22.5 Å². The van der Waals surface area contributed by atoms with Gasteiger partial charge in [0.1, 0.15) is 5.52 Å². The molecule has 0 atom stereocenters. The number of hydrogen-bond donors (Lipinski definition) is 2. The first-order valence-electron chi connectivity index (χ1n) is 11.7. The van der Waals surface area contributed by atoms with Gasteiger partial charge in [-0.2, -0.15) is 0 Å². The van der Waals surface area contributed by atoms with Crippen LogP contribution in [0.2, 0.25) is 5.02 Å². The molecule has 1 spiro atoms. The summed E-state index contributed by atoms with van der Waals surface area (Å²) in [5, 5.41) is 6.38. The molecule has 9 heteroatoms. The molecule has 1 saturated carbocycles. The van der Waals surface area contributed by atoms with E-state index in [1.165, 1.54) is 0 Å². The van der Waals surface area contributed by atoms with Gasteiger partial charge in [-0.05, 0) is 25.5 Å². The summed E-state index contributed by atoms with van der Waals surface area (Å²) < 4.78 is 6.09. The molecule has 0 radical (unpaired) electrons. The Hall–Kier alpha value is -2.32. The lowest BCUT2D eigenvalue weighted by Gasteiger charge is -2.42. The smallest absolute Gasteiger partial charge is 0.319 e. The molecule has 3 aliphatic rings. The van der Waals surface area contributed by atoms with E-state index in [4.69, 9.17) is 16.0 Å². The van der Waals surface area contributed by atoms with Gasteiger partial charge in [0.2, 0.25) is 0 Å². The third-order valence-corrected chi connectivity index (χ3v) is 7.00. The van der Waals surface area contributed by atoms with E-state index in [0.29, 0.717) is 34.9 Å². The number of urea groups is 1. The Bertz CT molecular complexity index is 1010. The van der Waals surface area contributed by atoms with Crippen molar-refractivity contribution in [1.29, 1.82) is 0 Å². The highest BCUT2D eigenvalue weighted by molar-refractivity contribution is 6.35. The van der Waals surface area contributed by atoms with Crippen molar-refractivity contribution in [2.75, 3.05) is 38.0 Å². The predicted molar refractivity (Wildman–Crippen MR) is 125 cm³/mol. The summed E-state index contributed by atoms with van der Waals surface area (Å²) >= 11 is 6.53. The summed E-state index contributed by atoms with van der Waals surface area (Å²) in [6, 6.07) is 1.42. The predicted octanol–water partition coefficient (Wildman–Crippen LogP) is 4.58. The van der Waals surface area contributed by atoms with Crippen LogP contribution in [-0.2, 0) is 5.54 Å². The van der Waals surface area contributed by atoms with E-state index in [1.54, 1.807) is 11.0 Å². The third-order valence-electron chi connectivity index (χ3n) is 6.70. The highest BCUT2D eigenvalue weighted by Gasteiger charge is 2.44. The minimum absolute atomic E-state index is 0.0854. The molecular weight excluding hydrogens is 430 g/mol. The van der Waals surface area contributed by atoms with Gasteiger partial charge in [-0.15, -0.1) is 0 Å². The Kier molecular flexibility index (Phi) is 6.62. The number of amides is 3. The van der Waals surface area contributed by atoms with Gasteiger partial charge < -0.3 is 24.9 Å². The van der Waals surface area contributed by atoms with Gasteiger partial charge in [0.05, 0.1) is 16.2 Å².